The van der Waals surface area contributed by atoms with Gasteiger partial charge in [0.05, 0.1) is 11.8 Å². The second kappa shape index (κ2) is 7.18. The zero-order valence-corrected chi connectivity index (χ0v) is 13.4. The number of piperazine rings is 1. The highest BCUT2D eigenvalue weighted by molar-refractivity contribution is 5.92. The van der Waals surface area contributed by atoms with Gasteiger partial charge in [-0.2, -0.15) is 13.2 Å². The Bertz CT molecular complexity index is 728. The zero-order chi connectivity index (χ0) is 17.9. The van der Waals surface area contributed by atoms with Crippen molar-refractivity contribution in [3.05, 3.63) is 59.7 Å². The van der Waals surface area contributed by atoms with Crippen LogP contribution in [0, 0.1) is 0 Å². The smallest absolute Gasteiger partial charge is 0.335 e. The minimum atomic E-state index is -4.34. The standard InChI is InChI=1S/C17H17F3N4O/c18-17(19,20)14-3-1-2-13(10-14)12-23-6-8-24(9-7-23)16(25)15-11-21-4-5-22-15/h1-5,10-11H,6-9,12H2. The van der Waals surface area contributed by atoms with Crippen molar-refractivity contribution in [1.82, 2.24) is 19.8 Å². The maximum atomic E-state index is 12.8. The van der Waals surface area contributed by atoms with Crippen LogP contribution >= 0.6 is 0 Å². The van der Waals surface area contributed by atoms with Gasteiger partial charge in [0.2, 0.25) is 0 Å². The molecule has 0 saturated carbocycles. The first-order valence-corrected chi connectivity index (χ1v) is 7.87. The number of carbonyl (C=O) groups is 1. The van der Waals surface area contributed by atoms with Crippen molar-refractivity contribution in [2.24, 2.45) is 0 Å². The summed E-state index contributed by atoms with van der Waals surface area (Å²) in [5, 5.41) is 0. The molecule has 1 fully saturated rings. The van der Waals surface area contributed by atoms with E-state index in [-0.39, 0.29) is 5.91 Å². The Morgan fingerprint density at radius 2 is 1.88 bits per heavy atom. The van der Waals surface area contributed by atoms with Crippen LogP contribution in [-0.2, 0) is 12.7 Å². The molecule has 0 aliphatic carbocycles. The molecule has 0 N–H and O–H groups in total. The molecule has 0 spiro atoms. The Morgan fingerprint density at radius 1 is 1.12 bits per heavy atom. The van der Waals surface area contributed by atoms with Crippen LogP contribution in [0.15, 0.2) is 42.9 Å². The van der Waals surface area contributed by atoms with Gasteiger partial charge < -0.3 is 4.90 Å². The molecule has 25 heavy (non-hydrogen) atoms. The van der Waals surface area contributed by atoms with Crippen LogP contribution in [0.3, 0.4) is 0 Å². The fourth-order valence-corrected chi connectivity index (χ4v) is 2.78. The number of carbonyl (C=O) groups excluding carboxylic acids is 1. The average Bonchev–Trinajstić information content (AvgIpc) is 2.62. The second-order valence-corrected chi connectivity index (χ2v) is 5.86. The van der Waals surface area contributed by atoms with Gasteiger partial charge in [-0.1, -0.05) is 18.2 Å². The maximum absolute atomic E-state index is 12.8. The van der Waals surface area contributed by atoms with Gasteiger partial charge in [0.25, 0.3) is 5.91 Å². The summed E-state index contributed by atoms with van der Waals surface area (Å²) in [6.07, 6.45) is 0.0656. The van der Waals surface area contributed by atoms with E-state index >= 15 is 0 Å². The van der Waals surface area contributed by atoms with E-state index in [2.05, 4.69) is 9.97 Å². The molecule has 132 valence electrons. The van der Waals surface area contributed by atoms with Crippen molar-refractivity contribution < 1.29 is 18.0 Å². The molecule has 1 amide bonds. The Morgan fingerprint density at radius 3 is 2.52 bits per heavy atom. The fourth-order valence-electron chi connectivity index (χ4n) is 2.78. The minimum absolute atomic E-state index is 0.174. The van der Waals surface area contributed by atoms with E-state index in [1.807, 2.05) is 4.90 Å². The number of aromatic nitrogens is 2. The molecule has 0 atom stereocenters. The van der Waals surface area contributed by atoms with Crippen molar-refractivity contribution in [3.8, 4) is 0 Å². The Balaban J connectivity index is 1.57. The summed E-state index contributed by atoms with van der Waals surface area (Å²) in [7, 11) is 0. The lowest BCUT2D eigenvalue weighted by Crippen LogP contribution is -2.48. The average molecular weight is 350 g/mol. The number of hydrogen-bond donors (Lipinski definition) is 0. The molecule has 0 bridgehead atoms. The number of amides is 1. The summed E-state index contributed by atoms with van der Waals surface area (Å²) in [6.45, 7) is 2.64. The van der Waals surface area contributed by atoms with E-state index in [1.165, 1.54) is 30.7 Å². The Kier molecular flexibility index (Phi) is 4.98. The van der Waals surface area contributed by atoms with Crippen molar-refractivity contribution >= 4 is 5.91 Å². The number of rotatable bonds is 3. The summed E-state index contributed by atoms with van der Waals surface area (Å²) in [5.74, 6) is -0.174. The largest absolute Gasteiger partial charge is 0.416 e. The van der Waals surface area contributed by atoms with Gasteiger partial charge >= 0.3 is 6.18 Å². The number of hydrogen-bond acceptors (Lipinski definition) is 4. The molecular formula is C17H17F3N4O. The molecular weight excluding hydrogens is 333 g/mol. The molecule has 5 nitrogen and oxygen atoms in total. The minimum Gasteiger partial charge on any atom is -0.335 e. The van der Waals surface area contributed by atoms with Crippen molar-refractivity contribution in [2.75, 3.05) is 26.2 Å². The maximum Gasteiger partial charge on any atom is 0.416 e. The van der Waals surface area contributed by atoms with Gasteiger partial charge in [0.1, 0.15) is 5.69 Å². The van der Waals surface area contributed by atoms with E-state index < -0.39 is 11.7 Å². The highest BCUT2D eigenvalue weighted by Crippen LogP contribution is 2.29. The van der Waals surface area contributed by atoms with Crippen LogP contribution in [0.5, 0.6) is 0 Å². The van der Waals surface area contributed by atoms with E-state index in [9.17, 15) is 18.0 Å². The molecule has 1 aromatic heterocycles. The molecule has 1 aliphatic heterocycles. The number of benzene rings is 1. The SMILES string of the molecule is O=C(c1cnccn1)N1CCN(Cc2cccc(C(F)(F)F)c2)CC1. The number of halogens is 3. The van der Waals surface area contributed by atoms with Crippen LogP contribution in [0.2, 0.25) is 0 Å². The quantitative estimate of drug-likeness (QED) is 0.853. The van der Waals surface area contributed by atoms with Gasteiger partial charge in [-0.25, -0.2) is 4.98 Å². The van der Waals surface area contributed by atoms with Gasteiger partial charge in [-0.3, -0.25) is 14.7 Å². The molecule has 0 radical (unpaired) electrons. The van der Waals surface area contributed by atoms with Crippen molar-refractivity contribution in [2.45, 2.75) is 12.7 Å². The third-order valence-corrected chi connectivity index (χ3v) is 4.10. The predicted molar refractivity (Wildman–Crippen MR) is 84.7 cm³/mol. The van der Waals surface area contributed by atoms with E-state index in [0.29, 0.717) is 44.0 Å². The van der Waals surface area contributed by atoms with E-state index in [4.69, 9.17) is 0 Å². The van der Waals surface area contributed by atoms with Crippen LogP contribution in [0.4, 0.5) is 13.2 Å². The first-order valence-electron chi connectivity index (χ1n) is 7.87. The van der Waals surface area contributed by atoms with Crippen LogP contribution in [0.1, 0.15) is 21.6 Å². The summed E-state index contributed by atoms with van der Waals surface area (Å²) in [4.78, 5) is 23.9. The number of alkyl halides is 3. The lowest BCUT2D eigenvalue weighted by molar-refractivity contribution is -0.137. The van der Waals surface area contributed by atoms with E-state index in [0.717, 1.165) is 6.07 Å². The summed E-state index contributed by atoms with van der Waals surface area (Å²) in [5.41, 5.74) is 0.277. The summed E-state index contributed by atoms with van der Waals surface area (Å²) >= 11 is 0. The molecule has 3 rings (SSSR count). The van der Waals surface area contributed by atoms with Crippen LogP contribution < -0.4 is 0 Å². The molecule has 0 unspecified atom stereocenters. The van der Waals surface area contributed by atoms with Crippen LogP contribution in [0.25, 0.3) is 0 Å². The molecule has 2 aromatic rings. The van der Waals surface area contributed by atoms with Crippen LogP contribution in [-0.4, -0.2) is 51.9 Å². The van der Waals surface area contributed by atoms with Gasteiger partial charge in [-0.15, -0.1) is 0 Å². The van der Waals surface area contributed by atoms with Gasteiger partial charge in [0.15, 0.2) is 0 Å². The van der Waals surface area contributed by atoms with Gasteiger partial charge in [-0.05, 0) is 11.6 Å². The zero-order valence-electron chi connectivity index (χ0n) is 13.4. The topological polar surface area (TPSA) is 49.3 Å². The lowest BCUT2D eigenvalue weighted by Gasteiger charge is -2.34. The molecule has 1 saturated heterocycles. The van der Waals surface area contributed by atoms with Crippen molar-refractivity contribution in [1.29, 1.82) is 0 Å². The Hall–Kier alpha value is -2.48. The first kappa shape index (κ1) is 17.3. The number of nitrogens with zero attached hydrogens (tertiary/aromatic N) is 4. The second-order valence-electron chi connectivity index (χ2n) is 5.86. The first-order chi connectivity index (χ1) is 11.9. The Labute approximate surface area is 143 Å². The highest BCUT2D eigenvalue weighted by Gasteiger charge is 2.30. The predicted octanol–water partition coefficient (Wildman–Crippen LogP) is 2.45. The summed E-state index contributed by atoms with van der Waals surface area (Å²) < 4.78 is 38.3. The third kappa shape index (κ3) is 4.33. The highest BCUT2D eigenvalue weighted by atomic mass is 19.4. The van der Waals surface area contributed by atoms with Gasteiger partial charge in [0, 0.05) is 45.1 Å². The monoisotopic (exact) mass is 350 g/mol. The summed E-state index contributed by atoms with van der Waals surface area (Å²) in [6, 6.07) is 5.36. The molecule has 1 aliphatic rings. The normalized spacial score (nSPS) is 16.0. The molecule has 8 heteroatoms. The van der Waals surface area contributed by atoms with E-state index in [1.54, 1.807) is 11.0 Å². The fraction of sp³-hybridized carbons (Fsp3) is 0.353. The lowest BCUT2D eigenvalue weighted by atomic mass is 10.1. The molecule has 1 aromatic carbocycles. The van der Waals surface area contributed by atoms with Crippen molar-refractivity contribution in [3.63, 3.8) is 0 Å². The molecule has 2 heterocycles. The third-order valence-electron chi connectivity index (χ3n) is 4.10.